The number of amides is 2. The molecular weight excluding hydrogens is 364 g/mol. The Morgan fingerprint density at radius 2 is 2.19 bits per heavy atom. The summed E-state index contributed by atoms with van der Waals surface area (Å²) in [6.07, 6.45) is 0. The van der Waals surface area contributed by atoms with Gasteiger partial charge in [0.15, 0.2) is 5.69 Å². The lowest BCUT2D eigenvalue weighted by atomic mass is 10.2. The van der Waals surface area contributed by atoms with Gasteiger partial charge in [0.1, 0.15) is 5.69 Å². The van der Waals surface area contributed by atoms with Gasteiger partial charge < -0.3 is 9.80 Å². The van der Waals surface area contributed by atoms with Gasteiger partial charge in [-0.2, -0.15) is 10.2 Å². The van der Waals surface area contributed by atoms with Gasteiger partial charge in [-0.15, -0.1) is 11.3 Å². The summed E-state index contributed by atoms with van der Waals surface area (Å²) in [5.41, 5.74) is 3.02. The molecule has 27 heavy (non-hydrogen) atoms. The molecule has 4 heterocycles. The number of carbonyl (C=O) groups is 2. The molecule has 1 N–H and O–H groups in total. The molecule has 0 aliphatic carbocycles. The Balaban J connectivity index is 1.45. The van der Waals surface area contributed by atoms with Gasteiger partial charge in [0.05, 0.1) is 35.9 Å². The van der Waals surface area contributed by atoms with Crippen molar-refractivity contribution in [2.75, 3.05) is 13.6 Å². The van der Waals surface area contributed by atoms with Crippen LogP contribution in [0.3, 0.4) is 0 Å². The molecule has 0 spiro atoms. The first kappa shape index (κ1) is 17.5. The minimum Gasteiger partial charge on any atom is -0.335 e. The van der Waals surface area contributed by atoms with Crippen LogP contribution < -0.4 is 0 Å². The van der Waals surface area contributed by atoms with Crippen LogP contribution >= 0.6 is 11.3 Å². The lowest BCUT2D eigenvalue weighted by Gasteiger charge is -2.26. The number of aromatic nitrogens is 4. The summed E-state index contributed by atoms with van der Waals surface area (Å²) in [6, 6.07) is 7.73. The highest BCUT2D eigenvalue weighted by molar-refractivity contribution is 7.13. The van der Waals surface area contributed by atoms with Gasteiger partial charge in [0.2, 0.25) is 5.91 Å². The molecule has 0 radical (unpaired) electrons. The summed E-state index contributed by atoms with van der Waals surface area (Å²) in [5, 5.41) is 13.7. The average Bonchev–Trinajstić information content (AvgIpc) is 3.39. The first-order chi connectivity index (χ1) is 13.0. The standard InChI is InChI=1S/C18H20N6O2S/c1-12(25)23-5-6-24-14(11-23)9-16(21-24)18(26)22(2)10-13-8-15(20-19-13)17-4-3-7-27-17/h3-4,7-9H,5-6,10-11H2,1-2H3,(H,19,20). The van der Waals surface area contributed by atoms with E-state index < -0.39 is 0 Å². The molecule has 0 atom stereocenters. The van der Waals surface area contributed by atoms with Crippen molar-refractivity contribution in [2.24, 2.45) is 0 Å². The lowest BCUT2D eigenvalue weighted by Crippen LogP contribution is -2.36. The highest BCUT2D eigenvalue weighted by atomic mass is 32.1. The predicted octanol–water partition coefficient (Wildman–Crippen LogP) is 1.97. The number of carbonyl (C=O) groups excluding carboxylic acids is 2. The molecule has 8 nitrogen and oxygen atoms in total. The molecule has 4 rings (SSSR count). The second-order valence-electron chi connectivity index (χ2n) is 6.60. The van der Waals surface area contributed by atoms with Crippen LogP contribution in [-0.4, -0.2) is 55.2 Å². The molecule has 0 saturated heterocycles. The van der Waals surface area contributed by atoms with Gasteiger partial charge in [-0.05, 0) is 23.6 Å². The topological polar surface area (TPSA) is 87.1 Å². The lowest BCUT2D eigenvalue weighted by molar-refractivity contribution is -0.130. The Morgan fingerprint density at radius 3 is 2.93 bits per heavy atom. The maximum absolute atomic E-state index is 12.8. The van der Waals surface area contributed by atoms with Crippen molar-refractivity contribution in [3.8, 4) is 10.6 Å². The molecule has 0 fully saturated rings. The zero-order chi connectivity index (χ0) is 19.0. The number of nitrogens with zero attached hydrogens (tertiary/aromatic N) is 5. The molecule has 3 aromatic rings. The van der Waals surface area contributed by atoms with Crippen LogP contribution in [0.5, 0.6) is 0 Å². The number of nitrogens with one attached hydrogen (secondary N) is 1. The van der Waals surface area contributed by atoms with Crippen LogP contribution in [-0.2, 0) is 24.4 Å². The molecule has 0 aromatic carbocycles. The predicted molar refractivity (Wildman–Crippen MR) is 101 cm³/mol. The number of aromatic amines is 1. The number of thiophene rings is 1. The third-order valence-corrected chi connectivity index (χ3v) is 5.51. The molecular formula is C18H20N6O2S. The molecule has 140 valence electrons. The fourth-order valence-corrected chi connectivity index (χ4v) is 3.84. The highest BCUT2D eigenvalue weighted by Gasteiger charge is 2.23. The van der Waals surface area contributed by atoms with Crippen molar-refractivity contribution in [1.29, 1.82) is 0 Å². The van der Waals surface area contributed by atoms with E-state index in [1.807, 2.05) is 28.3 Å². The number of hydrogen-bond donors (Lipinski definition) is 1. The summed E-state index contributed by atoms with van der Waals surface area (Å²) >= 11 is 1.63. The third kappa shape index (κ3) is 3.50. The Morgan fingerprint density at radius 1 is 1.33 bits per heavy atom. The molecule has 1 aliphatic heterocycles. The van der Waals surface area contributed by atoms with Gasteiger partial charge in [-0.1, -0.05) is 6.07 Å². The molecule has 9 heteroatoms. The van der Waals surface area contributed by atoms with E-state index in [-0.39, 0.29) is 11.8 Å². The van der Waals surface area contributed by atoms with Gasteiger partial charge in [0.25, 0.3) is 5.91 Å². The van der Waals surface area contributed by atoms with E-state index in [1.54, 1.807) is 41.2 Å². The fraction of sp³-hybridized carbons (Fsp3) is 0.333. The van der Waals surface area contributed by atoms with Gasteiger partial charge >= 0.3 is 0 Å². The Labute approximate surface area is 160 Å². The van der Waals surface area contributed by atoms with Gasteiger partial charge in [-0.3, -0.25) is 19.4 Å². The smallest absolute Gasteiger partial charge is 0.274 e. The van der Waals surface area contributed by atoms with Crippen molar-refractivity contribution in [3.05, 3.63) is 46.7 Å². The van der Waals surface area contributed by atoms with E-state index >= 15 is 0 Å². The maximum atomic E-state index is 12.8. The summed E-state index contributed by atoms with van der Waals surface area (Å²) in [7, 11) is 1.74. The van der Waals surface area contributed by atoms with Crippen molar-refractivity contribution in [1.82, 2.24) is 29.8 Å². The van der Waals surface area contributed by atoms with Crippen molar-refractivity contribution < 1.29 is 9.59 Å². The van der Waals surface area contributed by atoms with Crippen molar-refractivity contribution in [3.63, 3.8) is 0 Å². The van der Waals surface area contributed by atoms with Crippen LogP contribution in [0.25, 0.3) is 10.6 Å². The van der Waals surface area contributed by atoms with Crippen LogP contribution in [0.2, 0.25) is 0 Å². The van der Waals surface area contributed by atoms with E-state index in [2.05, 4.69) is 15.3 Å². The normalized spacial score (nSPS) is 13.5. The highest BCUT2D eigenvalue weighted by Crippen LogP contribution is 2.23. The van der Waals surface area contributed by atoms with Gasteiger partial charge in [0, 0.05) is 20.5 Å². The van der Waals surface area contributed by atoms with E-state index in [9.17, 15) is 9.59 Å². The largest absolute Gasteiger partial charge is 0.335 e. The number of H-pyrrole nitrogens is 1. The summed E-state index contributed by atoms with van der Waals surface area (Å²) in [5.74, 6) is -0.119. The number of fused-ring (bicyclic) bond motifs is 1. The maximum Gasteiger partial charge on any atom is 0.274 e. The van der Waals surface area contributed by atoms with Crippen LogP contribution in [0, 0.1) is 0 Å². The molecule has 0 unspecified atom stereocenters. The quantitative estimate of drug-likeness (QED) is 0.745. The van der Waals surface area contributed by atoms with E-state index in [1.165, 1.54) is 0 Å². The minimum atomic E-state index is -0.154. The van der Waals surface area contributed by atoms with Gasteiger partial charge in [-0.25, -0.2) is 0 Å². The van der Waals surface area contributed by atoms with Crippen molar-refractivity contribution >= 4 is 23.2 Å². The molecule has 0 saturated carbocycles. The van der Waals surface area contributed by atoms with Crippen LogP contribution in [0.4, 0.5) is 0 Å². The molecule has 0 bridgehead atoms. The third-order valence-electron chi connectivity index (χ3n) is 4.62. The Bertz CT molecular complexity index is 974. The number of rotatable bonds is 4. The summed E-state index contributed by atoms with van der Waals surface area (Å²) in [4.78, 5) is 28.8. The van der Waals surface area contributed by atoms with E-state index in [4.69, 9.17) is 0 Å². The molecule has 2 amide bonds. The summed E-state index contributed by atoms with van der Waals surface area (Å²) in [6.45, 7) is 3.69. The first-order valence-electron chi connectivity index (χ1n) is 8.67. The minimum absolute atomic E-state index is 0.0354. The first-order valence-corrected chi connectivity index (χ1v) is 9.55. The Hall–Kier alpha value is -2.94. The second kappa shape index (κ2) is 6.99. The molecule has 1 aliphatic rings. The monoisotopic (exact) mass is 384 g/mol. The summed E-state index contributed by atoms with van der Waals surface area (Å²) < 4.78 is 1.81. The zero-order valence-corrected chi connectivity index (χ0v) is 16.0. The van der Waals surface area contributed by atoms with Crippen LogP contribution in [0.1, 0.15) is 28.8 Å². The second-order valence-corrected chi connectivity index (χ2v) is 7.55. The number of hydrogen-bond acceptors (Lipinski definition) is 5. The average molecular weight is 384 g/mol. The molecule has 3 aromatic heterocycles. The van der Waals surface area contributed by atoms with E-state index in [0.29, 0.717) is 31.9 Å². The Kier molecular flexibility index (Phi) is 4.53. The van der Waals surface area contributed by atoms with Crippen LogP contribution in [0.15, 0.2) is 29.6 Å². The zero-order valence-electron chi connectivity index (χ0n) is 15.2. The SMILES string of the molecule is CC(=O)N1CCn2nc(C(=O)N(C)Cc3cc(-c4cccs4)n[nH]3)cc2C1. The van der Waals surface area contributed by atoms with Crippen molar-refractivity contribution in [2.45, 2.75) is 26.6 Å². The van der Waals surface area contributed by atoms with E-state index in [0.717, 1.165) is 22.0 Å². The fourth-order valence-electron chi connectivity index (χ4n) is 3.16.